The molecule has 0 fully saturated rings. The van der Waals surface area contributed by atoms with Gasteiger partial charge in [0.1, 0.15) is 5.52 Å². The van der Waals surface area contributed by atoms with Gasteiger partial charge >= 0.3 is 0 Å². The predicted octanol–water partition coefficient (Wildman–Crippen LogP) is 3.24. The molecule has 0 saturated heterocycles. The minimum absolute atomic E-state index is 0.672. The maximum Gasteiger partial charge on any atom is 0.158 e. The highest BCUT2D eigenvalue weighted by atomic mass is 127. The number of hydrogen-bond donors (Lipinski definition) is 0. The van der Waals surface area contributed by atoms with Gasteiger partial charge in [-0.25, -0.2) is 0 Å². The molecule has 0 N–H and O–H groups in total. The Hall–Kier alpha value is -0.840. The first kappa shape index (κ1) is 9.71. The van der Waals surface area contributed by atoms with Gasteiger partial charge in [0.15, 0.2) is 5.75 Å². The number of nitrogens with zero attached hydrogens (tertiary/aromatic N) is 1. The third-order valence-corrected chi connectivity index (χ3v) is 2.82. The van der Waals surface area contributed by atoms with E-state index in [9.17, 15) is 0 Å². The van der Waals surface area contributed by atoms with Crippen molar-refractivity contribution in [3.63, 3.8) is 0 Å². The van der Waals surface area contributed by atoms with Crippen LogP contribution >= 0.6 is 22.6 Å². The van der Waals surface area contributed by atoms with Crippen LogP contribution in [0, 0.1) is 3.57 Å². The fourth-order valence-electron chi connectivity index (χ4n) is 1.38. The van der Waals surface area contributed by atoms with E-state index in [2.05, 4.69) is 39.7 Å². The zero-order valence-corrected chi connectivity index (χ0v) is 9.98. The van der Waals surface area contributed by atoms with Crippen LogP contribution in [0.1, 0.15) is 6.92 Å². The molecule has 1 heterocycles. The number of aromatic nitrogens is 1. The normalized spacial score (nSPS) is 10.4. The molecule has 0 unspecified atom stereocenters. The van der Waals surface area contributed by atoms with Crippen LogP contribution in [-0.4, -0.2) is 11.6 Å². The van der Waals surface area contributed by atoms with Crippen molar-refractivity contribution in [3.8, 4) is 5.75 Å². The first-order chi connectivity index (χ1) is 6.83. The van der Waals surface area contributed by atoms with Crippen molar-refractivity contribution < 1.29 is 4.74 Å². The van der Waals surface area contributed by atoms with Crippen molar-refractivity contribution >= 4 is 33.5 Å². The van der Waals surface area contributed by atoms with Crippen LogP contribution in [0.5, 0.6) is 5.75 Å². The Balaban J connectivity index is 2.69. The molecule has 0 bridgehead atoms. The fourth-order valence-corrected chi connectivity index (χ4v) is 1.97. The first-order valence-corrected chi connectivity index (χ1v) is 5.57. The number of fused-ring (bicyclic) bond motifs is 1. The monoisotopic (exact) mass is 299 g/mol. The van der Waals surface area contributed by atoms with Gasteiger partial charge in [0.2, 0.25) is 0 Å². The number of rotatable bonds is 2. The second-order valence-electron chi connectivity index (χ2n) is 2.88. The summed E-state index contributed by atoms with van der Waals surface area (Å²) in [5, 5.41) is 1.12. The molecule has 72 valence electrons. The highest BCUT2D eigenvalue weighted by Crippen LogP contribution is 2.29. The summed E-state index contributed by atoms with van der Waals surface area (Å²) in [6.45, 7) is 2.66. The largest absolute Gasteiger partial charge is 0.490 e. The van der Waals surface area contributed by atoms with Crippen molar-refractivity contribution in [2.75, 3.05) is 6.61 Å². The SMILES string of the molecule is CCOc1c(I)ccc2cccnc12. The van der Waals surface area contributed by atoms with Crippen LogP contribution in [0.2, 0.25) is 0 Å². The third-order valence-electron chi connectivity index (χ3n) is 1.97. The summed E-state index contributed by atoms with van der Waals surface area (Å²) < 4.78 is 6.69. The van der Waals surface area contributed by atoms with E-state index in [0.717, 1.165) is 20.2 Å². The summed E-state index contributed by atoms with van der Waals surface area (Å²) in [5.74, 6) is 0.895. The van der Waals surface area contributed by atoms with Crippen molar-refractivity contribution in [2.45, 2.75) is 6.92 Å². The summed E-state index contributed by atoms with van der Waals surface area (Å²) in [7, 11) is 0. The van der Waals surface area contributed by atoms with Crippen molar-refractivity contribution in [1.29, 1.82) is 0 Å². The molecule has 1 aromatic carbocycles. The zero-order valence-electron chi connectivity index (χ0n) is 7.83. The summed E-state index contributed by atoms with van der Waals surface area (Å²) in [6, 6.07) is 8.09. The van der Waals surface area contributed by atoms with Gasteiger partial charge in [-0.3, -0.25) is 4.98 Å². The Morgan fingerprint density at radius 1 is 1.36 bits per heavy atom. The van der Waals surface area contributed by atoms with E-state index in [-0.39, 0.29) is 0 Å². The molecular formula is C11H10INO. The third kappa shape index (κ3) is 1.68. The molecule has 0 radical (unpaired) electrons. The molecule has 2 rings (SSSR count). The minimum Gasteiger partial charge on any atom is -0.490 e. The lowest BCUT2D eigenvalue weighted by Crippen LogP contribution is -1.95. The lowest BCUT2D eigenvalue weighted by Gasteiger charge is -2.08. The van der Waals surface area contributed by atoms with Crippen molar-refractivity contribution in [1.82, 2.24) is 4.98 Å². The molecule has 3 heteroatoms. The van der Waals surface area contributed by atoms with E-state index < -0.39 is 0 Å². The lowest BCUT2D eigenvalue weighted by atomic mass is 10.2. The average molecular weight is 299 g/mol. The average Bonchev–Trinajstić information content (AvgIpc) is 2.23. The molecule has 1 aromatic heterocycles. The van der Waals surface area contributed by atoms with Gasteiger partial charge in [0, 0.05) is 11.6 Å². The quantitative estimate of drug-likeness (QED) is 0.794. The second-order valence-corrected chi connectivity index (χ2v) is 4.05. The molecule has 2 aromatic rings. The topological polar surface area (TPSA) is 22.1 Å². The molecule has 0 atom stereocenters. The van der Waals surface area contributed by atoms with Crippen molar-refractivity contribution in [3.05, 3.63) is 34.0 Å². The predicted molar refractivity (Wildman–Crippen MR) is 65.6 cm³/mol. The molecule has 0 spiro atoms. The molecule has 0 amide bonds. The van der Waals surface area contributed by atoms with Gasteiger partial charge in [-0.15, -0.1) is 0 Å². The van der Waals surface area contributed by atoms with Crippen LogP contribution in [0.3, 0.4) is 0 Å². The van der Waals surface area contributed by atoms with Gasteiger partial charge in [-0.05, 0) is 41.6 Å². The van der Waals surface area contributed by atoms with Crippen LogP contribution in [-0.2, 0) is 0 Å². The summed E-state index contributed by atoms with van der Waals surface area (Å²) in [6.07, 6.45) is 1.79. The maximum absolute atomic E-state index is 5.58. The Kier molecular flexibility index (Phi) is 2.86. The zero-order chi connectivity index (χ0) is 9.97. The van der Waals surface area contributed by atoms with E-state index in [1.165, 1.54) is 0 Å². The fraction of sp³-hybridized carbons (Fsp3) is 0.182. The van der Waals surface area contributed by atoms with Crippen molar-refractivity contribution in [2.24, 2.45) is 0 Å². The number of ether oxygens (including phenoxy) is 1. The lowest BCUT2D eigenvalue weighted by molar-refractivity contribution is 0.341. The molecule has 0 aliphatic carbocycles. The summed E-state index contributed by atoms with van der Waals surface area (Å²) >= 11 is 2.27. The standard InChI is InChI=1S/C11H10INO/c1-2-14-11-9(12)6-5-8-4-3-7-13-10(8)11/h3-7H,2H2,1H3. The van der Waals surface area contributed by atoms with Gasteiger partial charge in [0.25, 0.3) is 0 Å². The molecule has 2 nitrogen and oxygen atoms in total. The van der Waals surface area contributed by atoms with E-state index in [1.807, 2.05) is 19.1 Å². The Morgan fingerprint density at radius 2 is 2.21 bits per heavy atom. The first-order valence-electron chi connectivity index (χ1n) is 4.49. The van der Waals surface area contributed by atoms with E-state index >= 15 is 0 Å². The molecule has 0 aliphatic heterocycles. The number of halogens is 1. The maximum atomic E-state index is 5.58. The van der Waals surface area contributed by atoms with E-state index in [4.69, 9.17) is 4.74 Å². The Bertz CT molecular complexity index is 456. The van der Waals surface area contributed by atoms with Gasteiger partial charge in [-0.1, -0.05) is 12.1 Å². The smallest absolute Gasteiger partial charge is 0.158 e. The Labute approximate surface area is 96.4 Å². The van der Waals surface area contributed by atoms with Gasteiger partial charge < -0.3 is 4.74 Å². The van der Waals surface area contributed by atoms with Crippen LogP contribution in [0.25, 0.3) is 10.9 Å². The van der Waals surface area contributed by atoms with E-state index in [0.29, 0.717) is 6.61 Å². The molecule has 14 heavy (non-hydrogen) atoms. The highest BCUT2D eigenvalue weighted by molar-refractivity contribution is 14.1. The number of pyridine rings is 1. The minimum atomic E-state index is 0.672. The van der Waals surface area contributed by atoms with Gasteiger partial charge in [0.05, 0.1) is 10.2 Å². The molecule has 0 aliphatic rings. The molecule has 0 saturated carbocycles. The highest BCUT2D eigenvalue weighted by Gasteiger charge is 2.06. The summed E-state index contributed by atoms with van der Waals surface area (Å²) in [5.41, 5.74) is 0.946. The van der Waals surface area contributed by atoms with Crippen LogP contribution in [0.4, 0.5) is 0 Å². The van der Waals surface area contributed by atoms with E-state index in [1.54, 1.807) is 6.20 Å². The van der Waals surface area contributed by atoms with Gasteiger partial charge in [-0.2, -0.15) is 0 Å². The second kappa shape index (κ2) is 4.13. The van der Waals surface area contributed by atoms with Crippen LogP contribution in [0.15, 0.2) is 30.5 Å². The van der Waals surface area contributed by atoms with Crippen LogP contribution < -0.4 is 4.74 Å². The summed E-state index contributed by atoms with van der Waals surface area (Å²) in [4.78, 5) is 4.33. The molecular weight excluding hydrogens is 289 g/mol. The Morgan fingerprint density at radius 3 is 3.00 bits per heavy atom. The number of hydrogen-bond acceptors (Lipinski definition) is 2. The number of benzene rings is 1.